The van der Waals surface area contributed by atoms with Crippen LogP contribution in [0.25, 0.3) is 0 Å². The minimum Gasteiger partial charge on any atom is -0.508 e. The maximum Gasteiger partial charge on any atom is 0.188 e. The van der Waals surface area contributed by atoms with E-state index in [-0.39, 0.29) is 5.54 Å². The summed E-state index contributed by atoms with van der Waals surface area (Å²) in [6.45, 7) is 4.78. The summed E-state index contributed by atoms with van der Waals surface area (Å²) in [5.41, 5.74) is 1.22. The van der Waals surface area contributed by atoms with Crippen molar-refractivity contribution in [2.24, 2.45) is 0 Å². The van der Waals surface area contributed by atoms with Crippen molar-refractivity contribution in [3.05, 3.63) is 42.5 Å². The van der Waals surface area contributed by atoms with E-state index in [1.165, 1.54) is 18.9 Å². The molecule has 0 bridgehead atoms. The monoisotopic (exact) mass is 234 g/mol. The summed E-state index contributed by atoms with van der Waals surface area (Å²) in [6.07, 6.45) is 4.38. The van der Waals surface area contributed by atoms with Gasteiger partial charge in [0.2, 0.25) is 0 Å². The minimum absolute atomic E-state index is 0.238. The van der Waals surface area contributed by atoms with E-state index in [9.17, 15) is 5.11 Å². The van der Waals surface area contributed by atoms with E-state index in [1.807, 2.05) is 24.3 Å². The molecule has 16 heavy (non-hydrogen) atoms. The van der Waals surface area contributed by atoms with Crippen molar-refractivity contribution in [1.29, 1.82) is 0 Å². The Kier molecular flexibility index (Phi) is 3.80. The number of hydrogen-bond acceptors (Lipinski definition) is 2. The zero-order chi connectivity index (χ0) is 11.4. The highest BCUT2D eigenvalue weighted by Gasteiger charge is 2.27. The van der Waals surface area contributed by atoms with Crippen molar-refractivity contribution < 1.29 is 9.53 Å². The lowest BCUT2D eigenvalue weighted by Gasteiger charge is -2.27. The zero-order valence-corrected chi connectivity index (χ0v) is 10.6. The molecule has 1 aromatic rings. The van der Waals surface area contributed by atoms with Crippen LogP contribution < -0.4 is 0 Å². The summed E-state index contributed by atoms with van der Waals surface area (Å²) in [5, 5.41) is 9.86. The molecule has 86 valence electrons. The van der Waals surface area contributed by atoms with Crippen LogP contribution in [0.4, 0.5) is 0 Å². The topological polar surface area (TPSA) is 29.5 Å². The summed E-state index contributed by atoms with van der Waals surface area (Å²) in [6, 6.07) is 8.71. The molecule has 0 aliphatic carbocycles. The number of aromatic hydroxyl groups is 1. The molecule has 0 aromatic heterocycles. The first-order valence-corrected chi connectivity index (χ1v) is 7.80. The van der Waals surface area contributed by atoms with Gasteiger partial charge in [0.25, 0.3) is 0 Å². The SMILES string of the molecule is C=CC(c1ccccc1O)[SiH]1CCCCO1. The fourth-order valence-corrected chi connectivity index (χ4v) is 5.18. The van der Waals surface area contributed by atoms with Gasteiger partial charge in [0, 0.05) is 17.7 Å². The largest absolute Gasteiger partial charge is 0.508 e. The molecule has 2 unspecified atom stereocenters. The minimum atomic E-state index is -1.27. The van der Waals surface area contributed by atoms with Crippen LogP contribution in [0.2, 0.25) is 6.04 Å². The van der Waals surface area contributed by atoms with Gasteiger partial charge in [-0.2, -0.15) is 0 Å². The standard InChI is InChI=1S/C13H18O2Si/c1-2-13(16-10-6-5-9-15-16)11-7-3-4-8-12(11)14/h2-4,7-8,13-14,16H,1,5-6,9-10H2. The Balaban J connectivity index is 2.21. The average Bonchev–Trinajstić information content (AvgIpc) is 2.34. The molecule has 1 saturated heterocycles. The van der Waals surface area contributed by atoms with Gasteiger partial charge in [-0.15, -0.1) is 6.58 Å². The van der Waals surface area contributed by atoms with Crippen LogP contribution >= 0.6 is 0 Å². The van der Waals surface area contributed by atoms with Crippen LogP contribution in [0, 0.1) is 0 Å². The second kappa shape index (κ2) is 5.32. The molecule has 1 aromatic carbocycles. The number of para-hydroxylation sites is 1. The Labute approximate surface area is 98.3 Å². The number of hydrogen-bond donors (Lipinski definition) is 1. The van der Waals surface area contributed by atoms with Gasteiger partial charge in [-0.25, -0.2) is 0 Å². The van der Waals surface area contributed by atoms with Crippen LogP contribution in [0.1, 0.15) is 23.9 Å². The van der Waals surface area contributed by atoms with Crippen LogP contribution in [0.5, 0.6) is 5.75 Å². The molecule has 1 aliphatic rings. The third-order valence-electron chi connectivity index (χ3n) is 3.17. The van der Waals surface area contributed by atoms with E-state index in [0.717, 1.165) is 12.2 Å². The van der Waals surface area contributed by atoms with E-state index in [4.69, 9.17) is 4.43 Å². The average molecular weight is 234 g/mol. The number of phenols is 1. The van der Waals surface area contributed by atoms with Gasteiger partial charge in [-0.3, -0.25) is 0 Å². The first kappa shape index (κ1) is 11.4. The van der Waals surface area contributed by atoms with Gasteiger partial charge in [-0.05, 0) is 18.5 Å². The van der Waals surface area contributed by atoms with E-state index in [0.29, 0.717) is 5.75 Å². The Bertz CT molecular complexity index is 359. The predicted octanol–water partition coefficient (Wildman–Crippen LogP) is 2.74. The molecular weight excluding hydrogens is 216 g/mol. The quantitative estimate of drug-likeness (QED) is 0.643. The van der Waals surface area contributed by atoms with E-state index < -0.39 is 9.04 Å². The van der Waals surface area contributed by atoms with Crippen LogP contribution in [-0.4, -0.2) is 20.8 Å². The molecule has 1 fully saturated rings. The van der Waals surface area contributed by atoms with Crippen molar-refractivity contribution in [3.63, 3.8) is 0 Å². The second-order valence-corrected chi connectivity index (χ2v) is 6.93. The van der Waals surface area contributed by atoms with Gasteiger partial charge in [-0.1, -0.05) is 30.7 Å². The molecule has 0 spiro atoms. The fourth-order valence-electron chi connectivity index (χ4n) is 2.30. The lowest BCUT2D eigenvalue weighted by molar-refractivity contribution is 0.283. The van der Waals surface area contributed by atoms with E-state index in [1.54, 1.807) is 6.07 Å². The number of allylic oxidation sites excluding steroid dienone is 1. The molecule has 1 aliphatic heterocycles. The van der Waals surface area contributed by atoms with E-state index in [2.05, 4.69) is 6.58 Å². The molecule has 0 amide bonds. The number of phenolic OH excluding ortho intramolecular Hbond substituents is 1. The van der Waals surface area contributed by atoms with Gasteiger partial charge in [0.1, 0.15) is 5.75 Å². The number of benzene rings is 1. The van der Waals surface area contributed by atoms with Gasteiger partial charge < -0.3 is 9.53 Å². The molecule has 2 atom stereocenters. The molecule has 1 N–H and O–H groups in total. The Hall–Kier alpha value is -1.06. The Morgan fingerprint density at radius 3 is 2.81 bits per heavy atom. The van der Waals surface area contributed by atoms with Crippen molar-refractivity contribution in [1.82, 2.24) is 0 Å². The van der Waals surface area contributed by atoms with Gasteiger partial charge in [0.15, 0.2) is 9.04 Å². The molecule has 2 rings (SSSR count). The normalized spacial score (nSPS) is 22.6. The lowest BCUT2D eigenvalue weighted by Crippen LogP contribution is -2.30. The summed E-state index contributed by atoms with van der Waals surface area (Å²) in [5.74, 6) is 0.370. The van der Waals surface area contributed by atoms with Crippen LogP contribution in [0.15, 0.2) is 36.9 Å². The highest BCUT2D eigenvalue weighted by molar-refractivity contribution is 6.54. The summed E-state index contributed by atoms with van der Waals surface area (Å²) >= 11 is 0. The van der Waals surface area contributed by atoms with Crippen molar-refractivity contribution >= 4 is 9.04 Å². The summed E-state index contributed by atoms with van der Waals surface area (Å²) in [7, 11) is -1.27. The molecular formula is C13H18O2Si. The van der Waals surface area contributed by atoms with Gasteiger partial charge in [0.05, 0.1) is 0 Å². The maximum atomic E-state index is 9.86. The van der Waals surface area contributed by atoms with Gasteiger partial charge >= 0.3 is 0 Å². The number of rotatable bonds is 3. The van der Waals surface area contributed by atoms with Crippen LogP contribution in [0.3, 0.4) is 0 Å². The second-order valence-electron chi connectivity index (χ2n) is 4.23. The smallest absolute Gasteiger partial charge is 0.188 e. The molecule has 0 saturated carbocycles. The van der Waals surface area contributed by atoms with Crippen molar-refractivity contribution in [2.75, 3.05) is 6.61 Å². The van der Waals surface area contributed by atoms with E-state index >= 15 is 0 Å². The molecule has 3 heteroatoms. The lowest BCUT2D eigenvalue weighted by atomic mass is 10.1. The summed E-state index contributed by atoms with van der Waals surface area (Å²) < 4.78 is 5.90. The molecule has 1 heterocycles. The Morgan fingerprint density at radius 2 is 2.19 bits per heavy atom. The fraction of sp³-hybridized carbons (Fsp3) is 0.385. The highest BCUT2D eigenvalue weighted by Crippen LogP contribution is 2.32. The molecule has 2 nitrogen and oxygen atoms in total. The maximum absolute atomic E-state index is 9.86. The van der Waals surface area contributed by atoms with Crippen molar-refractivity contribution in [2.45, 2.75) is 24.4 Å². The third-order valence-corrected chi connectivity index (χ3v) is 6.24. The third kappa shape index (κ3) is 2.36. The first-order chi connectivity index (χ1) is 7.83. The van der Waals surface area contributed by atoms with Crippen molar-refractivity contribution in [3.8, 4) is 5.75 Å². The summed E-state index contributed by atoms with van der Waals surface area (Å²) in [4.78, 5) is 0. The first-order valence-electron chi connectivity index (χ1n) is 5.85. The Morgan fingerprint density at radius 1 is 1.38 bits per heavy atom. The van der Waals surface area contributed by atoms with Crippen LogP contribution in [-0.2, 0) is 4.43 Å². The zero-order valence-electron chi connectivity index (χ0n) is 9.43. The highest BCUT2D eigenvalue weighted by atomic mass is 28.3. The predicted molar refractivity (Wildman–Crippen MR) is 68.2 cm³/mol. The molecule has 0 radical (unpaired) electrons.